The molecule has 2 fully saturated rings. The third-order valence-corrected chi connectivity index (χ3v) is 5.66. The summed E-state index contributed by atoms with van der Waals surface area (Å²) >= 11 is 0. The van der Waals surface area contributed by atoms with Crippen LogP contribution in [0.25, 0.3) is 0 Å². The summed E-state index contributed by atoms with van der Waals surface area (Å²) in [6, 6.07) is 8.70. The highest BCUT2D eigenvalue weighted by Gasteiger charge is 2.23. The van der Waals surface area contributed by atoms with Crippen molar-refractivity contribution in [2.24, 2.45) is 10.9 Å². The number of aliphatic imine (C=N–C) groups is 1. The Balaban J connectivity index is 0.00000320. The summed E-state index contributed by atoms with van der Waals surface area (Å²) in [5.41, 5.74) is 2.66. The zero-order valence-electron chi connectivity index (χ0n) is 19.0. The molecular weight excluding hydrogens is 491 g/mol. The molecule has 0 radical (unpaired) electrons. The van der Waals surface area contributed by atoms with Gasteiger partial charge in [-0.25, -0.2) is 4.99 Å². The zero-order chi connectivity index (χ0) is 20.6. The van der Waals surface area contributed by atoms with Crippen molar-refractivity contribution < 1.29 is 9.47 Å². The summed E-state index contributed by atoms with van der Waals surface area (Å²) in [6.45, 7) is 13.7. The molecule has 2 aliphatic heterocycles. The molecule has 3 rings (SSSR count). The van der Waals surface area contributed by atoms with E-state index < -0.39 is 0 Å². The van der Waals surface area contributed by atoms with Gasteiger partial charge in [-0.05, 0) is 38.3 Å². The number of nitrogens with zero attached hydrogens (tertiary/aromatic N) is 3. The van der Waals surface area contributed by atoms with E-state index in [2.05, 4.69) is 67.2 Å². The second-order valence-electron chi connectivity index (χ2n) is 8.50. The van der Waals surface area contributed by atoms with Gasteiger partial charge in [0.2, 0.25) is 0 Å². The lowest BCUT2D eigenvalue weighted by atomic mass is 10.1. The molecule has 2 heterocycles. The van der Waals surface area contributed by atoms with Crippen LogP contribution in [0.3, 0.4) is 0 Å². The fourth-order valence-electron chi connectivity index (χ4n) is 4.35. The molecule has 0 saturated carbocycles. The maximum absolute atomic E-state index is 5.88. The third kappa shape index (κ3) is 7.66. The van der Waals surface area contributed by atoms with E-state index >= 15 is 0 Å². The van der Waals surface area contributed by atoms with Gasteiger partial charge in [0.25, 0.3) is 0 Å². The molecular formula is C23H39IN4O2. The van der Waals surface area contributed by atoms with E-state index in [-0.39, 0.29) is 36.2 Å². The highest BCUT2D eigenvalue weighted by Crippen LogP contribution is 2.18. The SMILES string of the molecule is CCNC(=NCc1ccccc1CN1CC(C)OC(C)C1)N(C)CC1CCOC1.I. The van der Waals surface area contributed by atoms with Crippen molar-refractivity contribution in [1.29, 1.82) is 0 Å². The molecule has 3 atom stereocenters. The number of ether oxygens (including phenoxy) is 2. The third-order valence-electron chi connectivity index (χ3n) is 5.66. The summed E-state index contributed by atoms with van der Waals surface area (Å²) < 4.78 is 11.4. The van der Waals surface area contributed by atoms with Crippen molar-refractivity contribution in [3.8, 4) is 0 Å². The monoisotopic (exact) mass is 530 g/mol. The van der Waals surface area contributed by atoms with Crippen LogP contribution in [0.4, 0.5) is 0 Å². The Bertz CT molecular complexity index is 656. The van der Waals surface area contributed by atoms with Crippen LogP contribution in [0.5, 0.6) is 0 Å². The molecule has 1 aromatic carbocycles. The molecule has 2 saturated heterocycles. The number of benzene rings is 1. The lowest BCUT2D eigenvalue weighted by Gasteiger charge is -2.35. The van der Waals surface area contributed by atoms with Gasteiger partial charge in [-0.15, -0.1) is 24.0 Å². The summed E-state index contributed by atoms with van der Waals surface area (Å²) in [5.74, 6) is 1.57. The average molecular weight is 530 g/mol. The van der Waals surface area contributed by atoms with Crippen LogP contribution in [0.2, 0.25) is 0 Å². The van der Waals surface area contributed by atoms with Gasteiger partial charge < -0.3 is 19.7 Å². The summed E-state index contributed by atoms with van der Waals surface area (Å²) in [6.07, 6.45) is 1.72. The molecule has 0 amide bonds. The van der Waals surface area contributed by atoms with Gasteiger partial charge in [0.1, 0.15) is 0 Å². The number of morpholine rings is 1. The van der Waals surface area contributed by atoms with Crippen molar-refractivity contribution in [2.75, 3.05) is 46.4 Å². The number of guanidine groups is 1. The highest BCUT2D eigenvalue weighted by atomic mass is 127. The van der Waals surface area contributed by atoms with Crippen LogP contribution in [-0.2, 0) is 22.6 Å². The topological polar surface area (TPSA) is 49.3 Å². The first-order valence-electron chi connectivity index (χ1n) is 11.1. The maximum Gasteiger partial charge on any atom is 0.193 e. The van der Waals surface area contributed by atoms with Crippen molar-refractivity contribution in [3.05, 3.63) is 35.4 Å². The highest BCUT2D eigenvalue weighted by molar-refractivity contribution is 14.0. The molecule has 170 valence electrons. The van der Waals surface area contributed by atoms with Gasteiger partial charge in [-0.2, -0.15) is 0 Å². The van der Waals surface area contributed by atoms with E-state index in [0.717, 1.165) is 58.3 Å². The number of halogens is 1. The Morgan fingerprint density at radius 3 is 2.53 bits per heavy atom. The Kier molecular flexibility index (Phi) is 10.8. The van der Waals surface area contributed by atoms with Gasteiger partial charge >= 0.3 is 0 Å². The average Bonchev–Trinajstić information content (AvgIpc) is 3.18. The van der Waals surface area contributed by atoms with Crippen LogP contribution in [0.15, 0.2) is 29.3 Å². The Labute approximate surface area is 199 Å². The first kappa shape index (κ1) is 25.4. The standard InChI is InChI=1S/C23H38N4O2.HI/c1-5-24-23(26(4)15-20-10-11-28-17-20)25-12-21-8-6-7-9-22(21)16-27-13-18(2)29-19(3)14-27;/h6-9,18-20H,5,10-17H2,1-4H3,(H,24,25);1H. The van der Waals surface area contributed by atoms with Crippen molar-refractivity contribution in [2.45, 2.75) is 52.5 Å². The molecule has 7 heteroatoms. The van der Waals surface area contributed by atoms with E-state index in [9.17, 15) is 0 Å². The van der Waals surface area contributed by atoms with Crippen molar-refractivity contribution in [1.82, 2.24) is 15.1 Å². The maximum atomic E-state index is 5.88. The normalized spacial score (nSPS) is 25.1. The van der Waals surface area contributed by atoms with E-state index in [1.54, 1.807) is 0 Å². The first-order chi connectivity index (χ1) is 14.0. The smallest absolute Gasteiger partial charge is 0.193 e. The Morgan fingerprint density at radius 2 is 1.90 bits per heavy atom. The van der Waals surface area contributed by atoms with Gasteiger partial charge in [-0.1, -0.05) is 24.3 Å². The number of hydrogen-bond acceptors (Lipinski definition) is 4. The van der Waals surface area contributed by atoms with Crippen molar-refractivity contribution in [3.63, 3.8) is 0 Å². The van der Waals surface area contributed by atoms with Crippen molar-refractivity contribution >= 4 is 29.9 Å². The summed E-state index contributed by atoms with van der Waals surface area (Å²) in [7, 11) is 2.13. The zero-order valence-corrected chi connectivity index (χ0v) is 21.3. The van der Waals surface area contributed by atoms with E-state index in [1.807, 2.05) is 0 Å². The molecule has 0 aliphatic carbocycles. The second-order valence-corrected chi connectivity index (χ2v) is 8.50. The molecule has 1 N–H and O–H groups in total. The van der Waals surface area contributed by atoms with Crippen LogP contribution in [0, 0.1) is 5.92 Å². The largest absolute Gasteiger partial charge is 0.381 e. The molecule has 3 unspecified atom stereocenters. The van der Waals surface area contributed by atoms with Crippen LogP contribution in [0.1, 0.15) is 38.3 Å². The lowest BCUT2D eigenvalue weighted by molar-refractivity contribution is -0.0705. The molecule has 1 aromatic rings. The lowest BCUT2D eigenvalue weighted by Crippen LogP contribution is -2.44. The van der Waals surface area contributed by atoms with Gasteiger partial charge in [0.15, 0.2) is 5.96 Å². The predicted octanol–water partition coefficient (Wildman–Crippen LogP) is 3.35. The Hall–Kier alpha value is -0.900. The minimum absolute atomic E-state index is 0. The van der Waals surface area contributed by atoms with Crippen LogP contribution >= 0.6 is 24.0 Å². The quantitative estimate of drug-likeness (QED) is 0.333. The minimum Gasteiger partial charge on any atom is -0.381 e. The summed E-state index contributed by atoms with van der Waals surface area (Å²) in [5, 5.41) is 3.45. The Morgan fingerprint density at radius 1 is 1.20 bits per heavy atom. The molecule has 0 aromatic heterocycles. The van der Waals surface area contributed by atoms with E-state index in [4.69, 9.17) is 14.5 Å². The number of hydrogen-bond donors (Lipinski definition) is 1. The van der Waals surface area contributed by atoms with Gasteiger partial charge in [-0.3, -0.25) is 4.90 Å². The van der Waals surface area contributed by atoms with E-state index in [1.165, 1.54) is 11.1 Å². The molecule has 6 nitrogen and oxygen atoms in total. The minimum atomic E-state index is 0. The van der Waals surface area contributed by atoms with Gasteiger partial charge in [0, 0.05) is 52.3 Å². The first-order valence-corrected chi connectivity index (χ1v) is 11.1. The predicted molar refractivity (Wildman–Crippen MR) is 134 cm³/mol. The molecule has 2 aliphatic rings. The van der Waals surface area contributed by atoms with Crippen LogP contribution < -0.4 is 5.32 Å². The van der Waals surface area contributed by atoms with E-state index in [0.29, 0.717) is 12.5 Å². The van der Waals surface area contributed by atoms with Crippen LogP contribution in [-0.4, -0.2) is 74.4 Å². The number of nitrogens with one attached hydrogen (secondary N) is 1. The second kappa shape index (κ2) is 12.8. The summed E-state index contributed by atoms with van der Waals surface area (Å²) in [4.78, 5) is 9.70. The molecule has 0 spiro atoms. The molecule has 30 heavy (non-hydrogen) atoms. The fourth-order valence-corrected chi connectivity index (χ4v) is 4.35. The molecule has 0 bridgehead atoms. The van der Waals surface area contributed by atoms with Gasteiger partial charge in [0.05, 0.1) is 25.4 Å². The number of rotatable bonds is 7. The fraction of sp³-hybridized carbons (Fsp3) is 0.696.